The second-order valence-corrected chi connectivity index (χ2v) is 5.53. The van der Waals surface area contributed by atoms with Gasteiger partial charge in [-0.2, -0.15) is 5.26 Å². The quantitative estimate of drug-likeness (QED) is 0.836. The molecule has 2 rings (SSSR count). The van der Waals surface area contributed by atoms with E-state index in [1.165, 1.54) is 24.8 Å². The van der Waals surface area contributed by atoms with Crippen molar-refractivity contribution in [2.24, 2.45) is 5.92 Å². The first-order valence-electron chi connectivity index (χ1n) is 7.59. The van der Waals surface area contributed by atoms with Crippen LogP contribution in [0.4, 0.5) is 0 Å². The van der Waals surface area contributed by atoms with Gasteiger partial charge in [-0.3, -0.25) is 0 Å². The molecule has 0 saturated heterocycles. The van der Waals surface area contributed by atoms with Crippen LogP contribution in [0.15, 0.2) is 24.3 Å². The zero-order valence-corrected chi connectivity index (χ0v) is 12.3. The molecule has 0 aliphatic heterocycles. The average molecular weight is 272 g/mol. The summed E-state index contributed by atoms with van der Waals surface area (Å²) in [6, 6.07) is 11.1. The Hall–Kier alpha value is -1.53. The maximum atomic E-state index is 9.26. The van der Waals surface area contributed by atoms with Gasteiger partial charge < -0.3 is 10.1 Å². The predicted molar refractivity (Wildman–Crippen MR) is 80.7 cm³/mol. The summed E-state index contributed by atoms with van der Waals surface area (Å²) in [5.41, 5.74) is 1.31. The van der Waals surface area contributed by atoms with Gasteiger partial charge in [-0.15, -0.1) is 0 Å². The van der Waals surface area contributed by atoms with Gasteiger partial charge in [-0.25, -0.2) is 0 Å². The molecular formula is C17H24N2O. The van der Waals surface area contributed by atoms with Crippen LogP contribution in [0.2, 0.25) is 0 Å². The van der Waals surface area contributed by atoms with Crippen LogP contribution in [0.3, 0.4) is 0 Å². The lowest BCUT2D eigenvalue weighted by Gasteiger charge is -2.20. The molecular weight excluding hydrogens is 248 g/mol. The van der Waals surface area contributed by atoms with E-state index in [0.717, 1.165) is 31.6 Å². The Bertz CT molecular complexity index is 435. The van der Waals surface area contributed by atoms with Crippen LogP contribution >= 0.6 is 0 Å². The molecule has 1 aromatic rings. The lowest BCUT2D eigenvalue weighted by molar-refractivity contribution is 0.397. The van der Waals surface area contributed by atoms with E-state index in [4.69, 9.17) is 4.74 Å². The number of benzene rings is 1. The number of ether oxygens (including phenoxy) is 1. The zero-order valence-electron chi connectivity index (χ0n) is 12.3. The monoisotopic (exact) mass is 272 g/mol. The number of hydrogen-bond donors (Lipinski definition) is 1. The van der Waals surface area contributed by atoms with E-state index in [9.17, 15) is 5.26 Å². The molecule has 0 heterocycles. The van der Waals surface area contributed by atoms with Gasteiger partial charge in [0.1, 0.15) is 5.75 Å². The number of methoxy groups -OCH3 is 1. The van der Waals surface area contributed by atoms with Crippen LogP contribution in [0, 0.1) is 17.2 Å². The molecule has 0 radical (unpaired) electrons. The maximum Gasteiger partial charge on any atom is 0.118 e. The fourth-order valence-electron chi connectivity index (χ4n) is 2.90. The summed E-state index contributed by atoms with van der Waals surface area (Å²) in [5, 5.41) is 12.8. The van der Waals surface area contributed by atoms with Crippen molar-refractivity contribution in [2.45, 2.75) is 44.6 Å². The third-order valence-corrected chi connectivity index (χ3v) is 4.16. The second kappa shape index (κ2) is 7.91. The second-order valence-electron chi connectivity index (χ2n) is 5.53. The topological polar surface area (TPSA) is 45.0 Å². The van der Waals surface area contributed by atoms with E-state index in [1.54, 1.807) is 7.11 Å². The maximum absolute atomic E-state index is 9.26. The molecule has 108 valence electrons. The highest BCUT2D eigenvalue weighted by Gasteiger charge is 2.22. The van der Waals surface area contributed by atoms with Gasteiger partial charge >= 0.3 is 0 Å². The molecule has 1 aliphatic rings. The van der Waals surface area contributed by atoms with E-state index in [1.807, 2.05) is 12.1 Å². The highest BCUT2D eigenvalue weighted by Crippen LogP contribution is 2.23. The number of nitrogens with zero attached hydrogens (tertiary/aromatic N) is 1. The van der Waals surface area contributed by atoms with Crippen LogP contribution in [0.5, 0.6) is 5.75 Å². The summed E-state index contributed by atoms with van der Waals surface area (Å²) in [6.07, 6.45) is 6.91. The largest absolute Gasteiger partial charge is 0.497 e. The van der Waals surface area contributed by atoms with Gasteiger partial charge in [0.05, 0.1) is 19.1 Å². The Morgan fingerprint density at radius 2 is 1.95 bits per heavy atom. The molecule has 0 spiro atoms. The fraction of sp³-hybridized carbons (Fsp3) is 0.588. The normalized spacial score (nSPS) is 22.8. The summed E-state index contributed by atoms with van der Waals surface area (Å²) in [6.45, 7) is 0.940. The van der Waals surface area contributed by atoms with Crippen molar-refractivity contribution >= 4 is 0 Å². The fourth-order valence-corrected chi connectivity index (χ4v) is 2.90. The van der Waals surface area contributed by atoms with Crippen molar-refractivity contribution in [3.8, 4) is 11.8 Å². The lowest BCUT2D eigenvalue weighted by Crippen LogP contribution is -2.36. The van der Waals surface area contributed by atoms with Crippen molar-refractivity contribution in [1.82, 2.24) is 5.32 Å². The molecule has 2 unspecified atom stereocenters. The van der Waals surface area contributed by atoms with Gasteiger partial charge in [0.15, 0.2) is 0 Å². The van der Waals surface area contributed by atoms with Crippen LogP contribution in [0.1, 0.15) is 37.7 Å². The van der Waals surface area contributed by atoms with Gasteiger partial charge in [-0.05, 0) is 43.5 Å². The third-order valence-electron chi connectivity index (χ3n) is 4.16. The Morgan fingerprint density at radius 3 is 2.65 bits per heavy atom. The molecule has 20 heavy (non-hydrogen) atoms. The third kappa shape index (κ3) is 4.25. The molecule has 1 aliphatic carbocycles. The van der Waals surface area contributed by atoms with Gasteiger partial charge in [-0.1, -0.05) is 31.4 Å². The summed E-state index contributed by atoms with van der Waals surface area (Å²) in [4.78, 5) is 0. The minimum Gasteiger partial charge on any atom is -0.497 e. The summed E-state index contributed by atoms with van der Waals surface area (Å²) < 4.78 is 5.16. The van der Waals surface area contributed by atoms with Crippen molar-refractivity contribution in [2.75, 3.05) is 13.7 Å². The van der Waals surface area contributed by atoms with Crippen LogP contribution < -0.4 is 10.1 Å². The molecule has 0 amide bonds. The van der Waals surface area contributed by atoms with E-state index >= 15 is 0 Å². The van der Waals surface area contributed by atoms with Gasteiger partial charge in [0.25, 0.3) is 0 Å². The molecule has 1 fully saturated rings. The van der Waals surface area contributed by atoms with Crippen molar-refractivity contribution in [1.29, 1.82) is 5.26 Å². The molecule has 1 aromatic carbocycles. The summed E-state index contributed by atoms with van der Waals surface area (Å²) in [7, 11) is 1.69. The highest BCUT2D eigenvalue weighted by atomic mass is 16.5. The van der Waals surface area contributed by atoms with Crippen LogP contribution in [0.25, 0.3) is 0 Å². The van der Waals surface area contributed by atoms with Gasteiger partial charge in [0.2, 0.25) is 0 Å². The first-order chi connectivity index (χ1) is 9.83. The number of nitriles is 1. The Morgan fingerprint density at radius 1 is 1.20 bits per heavy atom. The number of hydrogen-bond acceptors (Lipinski definition) is 3. The molecule has 3 nitrogen and oxygen atoms in total. The molecule has 3 heteroatoms. The molecule has 1 N–H and O–H groups in total. The highest BCUT2D eigenvalue weighted by molar-refractivity contribution is 5.27. The minimum absolute atomic E-state index is 0.188. The van der Waals surface area contributed by atoms with E-state index < -0.39 is 0 Å². The number of nitrogens with one attached hydrogen (secondary N) is 1. The summed E-state index contributed by atoms with van der Waals surface area (Å²) >= 11 is 0. The molecule has 1 saturated carbocycles. The molecule has 0 aromatic heterocycles. The predicted octanol–water partition coefficient (Wildman–Crippen LogP) is 3.30. The Kier molecular flexibility index (Phi) is 5.88. The first-order valence-corrected chi connectivity index (χ1v) is 7.59. The SMILES string of the molecule is COc1ccc(CCNC2CCCCCC2C#N)cc1. The van der Waals surface area contributed by atoms with Crippen molar-refractivity contribution in [3.05, 3.63) is 29.8 Å². The Labute approximate surface area is 121 Å². The summed E-state index contributed by atoms with van der Waals surface area (Å²) in [5.74, 6) is 1.09. The minimum atomic E-state index is 0.188. The Balaban J connectivity index is 1.80. The van der Waals surface area contributed by atoms with E-state index in [-0.39, 0.29) is 5.92 Å². The standard InChI is InChI=1S/C17H24N2O/c1-20-16-9-7-14(8-10-16)11-12-19-17-6-4-2-3-5-15(17)13-18/h7-10,15,17,19H,2-6,11-12H2,1H3. The smallest absolute Gasteiger partial charge is 0.118 e. The number of rotatable bonds is 5. The van der Waals surface area contributed by atoms with E-state index in [0.29, 0.717) is 6.04 Å². The average Bonchev–Trinajstić information content (AvgIpc) is 2.73. The lowest BCUT2D eigenvalue weighted by atomic mass is 9.96. The molecule has 2 atom stereocenters. The molecule has 0 bridgehead atoms. The first kappa shape index (κ1) is 14.9. The van der Waals surface area contributed by atoms with Gasteiger partial charge in [0, 0.05) is 6.04 Å². The van der Waals surface area contributed by atoms with Crippen molar-refractivity contribution < 1.29 is 4.74 Å². The van der Waals surface area contributed by atoms with Crippen LogP contribution in [-0.4, -0.2) is 19.7 Å². The van der Waals surface area contributed by atoms with E-state index in [2.05, 4.69) is 23.5 Å². The van der Waals surface area contributed by atoms with Crippen molar-refractivity contribution in [3.63, 3.8) is 0 Å². The zero-order chi connectivity index (χ0) is 14.2. The van der Waals surface area contributed by atoms with Crippen LogP contribution in [-0.2, 0) is 6.42 Å².